The van der Waals surface area contributed by atoms with Crippen LogP contribution in [0.5, 0.6) is 5.75 Å². The molecular formula is C14H16N2O. The third-order valence-corrected chi connectivity index (χ3v) is 2.55. The number of anilines is 1. The predicted molar refractivity (Wildman–Crippen MR) is 68.8 cm³/mol. The average Bonchev–Trinajstić information content (AvgIpc) is 2.37. The van der Waals surface area contributed by atoms with Gasteiger partial charge in [0.05, 0.1) is 5.69 Å². The molecular weight excluding hydrogens is 212 g/mol. The number of nitrogen functional groups attached to an aromatic ring is 1. The highest BCUT2D eigenvalue weighted by atomic mass is 16.5. The van der Waals surface area contributed by atoms with Gasteiger partial charge in [-0.25, -0.2) is 4.98 Å². The second kappa shape index (κ2) is 5.34. The Balaban J connectivity index is 1.97. The summed E-state index contributed by atoms with van der Waals surface area (Å²) in [4.78, 5) is 4.17. The molecule has 0 amide bonds. The zero-order valence-corrected chi connectivity index (χ0v) is 9.89. The standard InChI is InChI=1S/C14H16N2O/c1-2-11-6-8-13(9-7-11)17-10-12-4-3-5-14(15)16-12/h3-9H,2,10H2,1H3,(H2,15,16). The summed E-state index contributed by atoms with van der Waals surface area (Å²) in [6.45, 7) is 2.57. The molecule has 0 spiro atoms. The van der Waals surface area contributed by atoms with Gasteiger partial charge in [-0.3, -0.25) is 0 Å². The van der Waals surface area contributed by atoms with Gasteiger partial charge in [-0.2, -0.15) is 0 Å². The number of nitrogens with zero attached hydrogens (tertiary/aromatic N) is 1. The molecule has 3 nitrogen and oxygen atoms in total. The van der Waals surface area contributed by atoms with E-state index in [9.17, 15) is 0 Å². The molecule has 2 N–H and O–H groups in total. The van der Waals surface area contributed by atoms with Crippen molar-refractivity contribution in [3.63, 3.8) is 0 Å². The number of hydrogen-bond acceptors (Lipinski definition) is 3. The Morgan fingerprint density at radius 2 is 1.88 bits per heavy atom. The lowest BCUT2D eigenvalue weighted by Crippen LogP contribution is -2.00. The van der Waals surface area contributed by atoms with Crippen LogP contribution in [0.2, 0.25) is 0 Å². The molecule has 1 aromatic heterocycles. The molecule has 0 aliphatic rings. The number of rotatable bonds is 4. The van der Waals surface area contributed by atoms with Gasteiger partial charge in [0, 0.05) is 0 Å². The molecule has 1 aromatic carbocycles. The summed E-state index contributed by atoms with van der Waals surface area (Å²) in [5, 5.41) is 0. The quantitative estimate of drug-likeness (QED) is 0.875. The molecule has 1 heterocycles. The van der Waals surface area contributed by atoms with Crippen LogP contribution in [0.1, 0.15) is 18.2 Å². The van der Waals surface area contributed by atoms with Crippen molar-refractivity contribution in [1.29, 1.82) is 0 Å². The largest absolute Gasteiger partial charge is 0.487 e. The fourth-order valence-corrected chi connectivity index (χ4v) is 1.56. The SMILES string of the molecule is CCc1ccc(OCc2cccc(N)n2)cc1. The summed E-state index contributed by atoms with van der Waals surface area (Å²) in [6, 6.07) is 13.6. The highest BCUT2D eigenvalue weighted by Crippen LogP contribution is 2.14. The molecule has 3 heteroatoms. The van der Waals surface area contributed by atoms with E-state index in [-0.39, 0.29) is 0 Å². The average molecular weight is 228 g/mol. The van der Waals surface area contributed by atoms with E-state index in [1.54, 1.807) is 6.07 Å². The molecule has 17 heavy (non-hydrogen) atoms. The van der Waals surface area contributed by atoms with Gasteiger partial charge < -0.3 is 10.5 Å². The van der Waals surface area contributed by atoms with Crippen LogP contribution in [0, 0.1) is 0 Å². The topological polar surface area (TPSA) is 48.1 Å². The zero-order valence-electron chi connectivity index (χ0n) is 9.89. The first-order chi connectivity index (χ1) is 8.28. The molecule has 88 valence electrons. The maximum absolute atomic E-state index is 5.63. The molecule has 0 radical (unpaired) electrons. The highest BCUT2D eigenvalue weighted by molar-refractivity contribution is 5.30. The second-order valence-electron chi connectivity index (χ2n) is 3.84. The number of ether oxygens (including phenoxy) is 1. The molecule has 0 aliphatic heterocycles. The molecule has 2 aromatic rings. The van der Waals surface area contributed by atoms with E-state index in [2.05, 4.69) is 24.0 Å². The van der Waals surface area contributed by atoms with Gasteiger partial charge in [0.2, 0.25) is 0 Å². The van der Waals surface area contributed by atoms with E-state index in [0.717, 1.165) is 17.9 Å². The summed E-state index contributed by atoms with van der Waals surface area (Å²) in [5.41, 5.74) is 7.74. The van der Waals surface area contributed by atoms with E-state index in [1.165, 1.54) is 5.56 Å². The van der Waals surface area contributed by atoms with Crippen molar-refractivity contribution < 1.29 is 4.74 Å². The van der Waals surface area contributed by atoms with E-state index < -0.39 is 0 Å². The number of aromatic nitrogens is 1. The van der Waals surface area contributed by atoms with Crippen molar-refractivity contribution in [3.05, 3.63) is 53.7 Å². The number of pyridine rings is 1. The smallest absolute Gasteiger partial charge is 0.130 e. The number of benzene rings is 1. The second-order valence-corrected chi connectivity index (χ2v) is 3.84. The summed E-state index contributed by atoms with van der Waals surface area (Å²) >= 11 is 0. The van der Waals surface area contributed by atoms with E-state index in [1.807, 2.05) is 24.3 Å². The van der Waals surface area contributed by atoms with Crippen LogP contribution in [0.25, 0.3) is 0 Å². The number of aryl methyl sites for hydroxylation is 1. The summed E-state index contributed by atoms with van der Waals surface area (Å²) in [7, 11) is 0. The first kappa shape index (κ1) is 11.5. The summed E-state index contributed by atoms with van der Waals surface area (Å²) in [5.74, 6) is 1.37. The Morgan fingerprint density at radius 1 is 1.12 bits per heavy atom. The molecule has 0 fully saturated rings. The van der Waals surface area contributed by atoms with Crippen molar-refractivity contribution in [2.75, 3.05) is 5.73 Å². The van der Waals surface area contributed by atoms with Crippen LogP contribution < -0.4 is 10.5 Å². The predicted octanol–water partition coefficient (Wildman–Crippen LogP) is 2.81. The summed E-state index contributed by atoms with van der Waals surface area (Å²) in [6.07, 6.45) is 1.04. The first-order valence-electron chi connectivity index (χ1n) is 5.71. The molecule has 0 aliphatic carbocycles. The van der Waals surface area contributed by atoms with Gasteiger partial charge in [0.25, 0.3) is 0 Å². The Kier molecular flexibility index (Phi) is 3.60. The Morgan fingerprint density at radius 3 is 2.53 bits per heavy atom. The van der Waals surface area contributed by atoms with Crippen LogP contribution in [-0.4, -0.2) is 4.98 Å². The van der Waals surface area contributed by atoms with Crippen molar-refractivity contribution in [3.8, 4) is 5.75 Å². The zero-order chi connectivity index (χ0) is 12.1. The fraction of sp³-hybridized carbons (Fsp3) is 0.214. The minimum Gasteiger partial charge on any atom is -0.487 e. The minimum atomic E-state index is 0.441. The minimum absolute atomic E-state index is 0.441. The molecule has 0 saturated carbocycles. The van der Waals surface area contributed by atoms with E-state index in [0.29, 0.717) is 12.4 Å². The molecule has 0 atom stereocenters. The Bertz CT molecular complexity index is 480. The molecule has 0 unspecified atom stereocenters. The fourth-order valence-electron chi connectivity index (χ4n) is 1.56. The van der Waals surface area contributed by atoms with Crippen molar-refractivity contribution in [2.45, 2.75) is 20.0 Å². The lowest BCUT2D eigenvalue weighted by atomic mass is 10.2. The van der Waals surface area contributed by atoms with Gasteiger partial charge >= 0.3 is 0 Å². The normalized spacial score (nSPS) is 10.2. The summed E-state index contributed by atoms with van der Waals surface area (Å²) < 4.78 is 5.63. The molecule has 2 rings (SSSR count). The molecule has 0 saturated heterocycles. The van der Waals surface area contributed by atoms with Gasteiger partial charge in [0.1, 0.15) is 18.2 Å². The number of nitrogens with two attached hydrogens (primary N) is 1. The monoisotopic (exact) mass is 228 g/mol. The van der Waals surface area contributed by atoms with Gasteiger partial charge in [-0.05, 0) is 36.2 Å². The lowest BCUT2D eigenvalue weighted by molar-refractivity contribution is 0.301. The van der Waals surface area contributed by atoms with E-state index in [4.69, 9.17) is 10.5 Å². The van der Waals surface area contributed by atoms with Gasteiger partial charge in [0.15, 0.2) is 0 Å². The van der Waals surface area contributed by atoms with Crippen LogP contribution >= 0.6 is 0 Å². The van der Waals surface area contributed by atoms with Crippen LogP contribution in [-0.2, 0) is 13.0 Å². The van der Waals surface area contributed by atoms with Crippen LogP contribution in [0.4, 0.5) is 5.82 Å². The maximum Gasteiger partial charge on any atom is 0.130 e. The van der Waals surface area contributed by atoms with Crippen molar-refractivity contribution in [1.82, 2.24) is 4.98 Å². The highest BCUT2D eigenvalue weighted by Gasteiger charge is 1.98. The van der Waals surface area contributed by atoms with E-state index >= 15 is 0 Å². The van der Waals surface area contributed by atoms with Crippen LogP contribution in [0.15, 0.2) is 42.5 Å². The maximum atomic E-state index is 5.63. The Hall–Kier alpha value is -2.03. The van der Waals surface area contributed by atoms with Crippen molar-refractivity contribution >= 4 is 5.82 Å². The first-order valence-corrected chi connectivity index (χ1v) is 5.71. The third kappa shape index (κ3) is 3.21. The third-order valence-electron chi connectivity index (χ3n) is 2.55. The molecule has 0 bridgehead atoms. The Labute approximate surface area is 101 Å². The lowest BCUT2D eigenvalue weighted by Gasteiger charge is -2.06. The van der Waals surface area contributed by atoms with Gasteiger partial charge in [-0.15, -0.1) is 0 Å². The van der Waals surface area contributed by atoms with Crippen molar-refractivity contribution in [2.24, 2.45) is 0 Å². The van der Waals surface area contributed by atoms with Crippen LogP contribution in [0.3, 0.4) is 0 Å². The van der Waals surface area contributed by atoms with Gasteiger partial charge in [-0.1, -0.05) is 25.1 Å². The number of hydrogen-bond donors (Lipinski definition) is 1.